The second-order valence-corrected chi connectivity index (χ2v) is 6.84. The maximum Gasteiger partial charge on any atom is 0.0595 e. The first kappa shape index (κ1) is 15.2. The van der Waals surface area contributed by atoms with E-state index in [0.29, 0.717) is 21.9 Å². The number of halogens is 2. The van der Waals surface area contributed by atoms with E-state index in [-0.39, 0.29) is 0 Å². The molecule has 2 rings (SSSR count). The van der Waals surface area contributed by atoms with E-state index < -0.39 is 0 Å². The molecule has 1 saturated carbocycles. The third kappa shape index (κ3) is 4.11. The third-order valence-corrected chi connectivity index (χ3v) is 4.73. The Morgan fingerprint density at radius 1 is 1.21 bits per heavy atom. The van der Waals surface area contributed by atoms with Crippen molar-refractivity contribution in [3.05, 3.63) is 33.8 Å². The molecule has 0 aliphatic heterocycles. The third-order valence-electron chi connectivity index (χ3n) is 3.99. The highest BCUT2D eigenvalue weighted by Crippen LogP contribution is 2.40. The molecule has 0 saturated heterocycles. The Morgan fingerprint density at radius 3 is 2.68 bits per heavy atom. The van der Waals surface area contributed by atoms with Gasteiger partial charge in [-0.1, -0.05) is 49.5 Å². The first-order chi connectivity index (χ1) is 9.08. The molecule has 0 bridgehead atoms. The highest BCUT2D eigenvalue weighted by atomic mass is 35.5. The highest BCUT2D eigenvalue weighted by molar-refractivity contribution is 6.42. The number of rotatable bonds is 5. The maximum atomic E-state index is 6.14. The summed E-state index contributed by atoms with van der Waals surface area (Å²) in [5.74, 6) is 2.08. The lowest BCUT2D eigenvalue weighted by atomic mass is 9.89. The molecular formula is C16H23Cl2N. The summed E-state index contributed by atoms with van der Waals surface area (Å²) in [5.41, 5.74) is 1.35. The lowest BCUT2D eigenvalue weighted by Gasteiger charge is -2.21. The molecule has 106 valence electrons. The number of hydrogen-bond donors (Lipinski definition) is 1. The zero-order valence-electron chi connectivity index (χ0n) is 11.8. The van der Waals surface area contributed by atoms with Crippen LogP contribution in [0.1, 0.15) is 44.6 Å². The van der Waals surface area contributed by atoms with Gasteiger partial charge in [0.1, 0.15) is 0 Å². The fourth-order valence-electron chi connectivity index (χ4n) is 3.02. The van der Waals surface area contributed by atoms with Gasteiger partial charge < -0.3 is 5.32 Å². The van der Waals surface area contributed by atoms with Crippen LogP contribution in [0.4, 0.5) is 0 Å². The van der Waals surface area contributed by atoms with Crippen LogP contribution in [0.5, 0.6) is 0 Å². The Balaban J connectivity index is 1.99. The van der Waals surface area contributed by atoms with Crippen LogP contribution in [0.25, 0.3) is 0 Å². The zero-order valence-corrected chi connectivity index (χ0v) is 13.3. The van der Waals surface area contributed by atoms with Crippen LogP contribution in [0.3, 0.4) is 0 Å². The minimum atomic E-state index is 0.634. The summed E-state index contributed by atoms with van der Waals surface area (Å²) >= 11 is 12.1. The van der Waals surface area contributed by atoms with Crippen LogP contribution in [-0.2, 0) is 0 Å². The fourth-order valence-corrected chi connectivity index (χ4v) is 3.33. The van der Waals surface area contributed by atoms with Crippen molar-refractivity contribution in [3.8, 4) is 0 Å². The summed E-state index contributed by atoms with van der Waals surface area (Å²) < 4.78 is 0. The summed E-state index contributed by atoms with van der Waals surface area (Å²) in [6.45, 7) is 6.71. The largest absolute Gasteiger partial charge is 0.316 e. The maximum absolute atomic E-state index is 6.14. The van der Waals surface area contributed by atoms with Gasteiger partial charge in [-0.3, -0.25) is 0 Å². The molecule has 1 nitrogen and oxygen atoms in total. The SMILES string of the molecule is CC(C)CNCC1CCCC1c1ccc(Cl)c(Cl)c1. The minimum absolute atomic E-state index is 0.634. The molecule has 1 aromatic carbocycles. The Kier molecular flexibility index (Phi) is 5.56. The van der Waals surface area contributed by atoms with Crippen LogP contribution < -0.4 is 5.32 Å². The van der Waals surface area contributed by atoms with E-state index in [1.54, 1.807) is 0 Å². The van der Waals surface area contributed by atoms with Crippen LogP contribution in [-0.4, -0.2) is 13.1 Å². The number of hydrogen-bond acceptors (Lipinski definition) is 1. The van der Waals surface area contributed by atoms with Gasteiger partial charge in [-0.05, 0) is 61.4 Å². The summed E-state index contributed by atoms with van der Waals surface area (Å²) in [5, 5.41) is 4.92. The molecule has 2 atom stereocenters. The molecule has 2 unspecified atom stereocenters. The van der Waals surface area contributed by atoms with Gasteiger partial charge in [0.15, 0.2) is 0 Å². The molecule has 0 radical (unpaired) electrons. The fraction of sp³-hybridized carbons (Fsp3) is 0.625. The average molecular weight is 300 g/mol. The van der Waals surface area contributed by atoms with Gasteiger partial charge in [0.05, 0.1) is 10.0 Å². The summed E-state index contributed by atoms with van der Waals surface area (Å²) in [6.07, 6.45) is 3.90. The molecule has 1 N–H and O–H groups in total. The molecule has 1 aliphatic rings. The van der Waals surface area contributed by atoms with Crippen molar-refractivity contribution in [1.29, 1.82) is 0 Å². The van der Waals surface area contributed by atoms with E-state index in [1.165, 1.54) is 24.8 Å². The van der Waals surface area contributed by atoms with Crippen LogP contribution in [0, 0.1) is 11.8 Å². The Labute approximate surface area is 126 Å². The van der Waals surface area contributed by atoms with Crippen molar-refractivity contribution in [2.24, 2.45) is 11.8 Å². The molecule has 0 heterocycles. The molecule has 19 heavy (non-hydrogen) atoms. The van der Waals surface area contributed by atoms with E-state index in [2.05, 4.69) is 31.3 Å². The van der Waals surface area contributed by atoms with Crippen LogP contribution >= 0.6 is 23.2 Å². The average Bonchev–Trinajstić information content (AvgIpc) is 2.80. The summed E-state index contributed by atoms with van der Waals surface area (Å²) in [4.78, 5) is 0. The highest BCUT2D eigenvalue weighted by Gasteiger charge is 2.28. The molecule has 0 aromatic heterocycles. The molecule has 1 aliphatic carbocycles. The van der Waals surface area contributed by atoms with E-state index in [1.807, 2.05) is 6.07 Å². The standard InChI is InChI=1S/C16H23Cl2N/c1-11(2)9-19-10-13-4-3-5-14(13)12-6-7-15(17)16(18)8-12/h6-8,11,13-14,19H,3-5,9-10H2,1-2H3. The molecule has 1 fully saturated rings. The quantitative estimate of drug-likeness (QED) is 0.795. The van der Waals surface area contributed by atoms with Gasteiger partial charge in [0.2, 0.25) is 0 Å². The van der Waals surface area contributed by atoms with Gasteiger partial charge in [-0.25, -0.2) is 0 Å². The molecule has 0 amide bonds. The van der Waals surface area contributed by atoms with E-state index >= 15 is 0 Å². The van der Waals surface area contributed by atoms with Crippen molar-refractivity contribution in [2.75, 3.05) is 13.1 Å². The lowest BCUT2D eigenvalue weighted by Crippen LogP contribution is -2.27. The lowest BCUT2D eigenvalue weighted by molar-refractivity contribution is 0.425. The zero-order chi connectivity index (χ0) is 13.8. The Bertz CT molecular complexity index is 417. The van der Waals surface area contributed by atoms with Crippen LogP contribution in [0.2, 0.25) is 10.0 Å². The van der Waals surface area contributed by atoms with Gasteiger partial charge >= 0.3 is 0 Å². The first-order valence-electron chi connectivity index (χ1n) is 7.23. The van der Waals surface area contributed by atoms with Gasteiger partial charge in [0, 0.05) is 0 Å². The van der Waals surface area contributed by atoms with E-state index in [0.717, 1.165) is 19.0 Å². The van der Waals surface area contributed by atoms with Crippen molar-refractivity contribution in [1.82, 2.24) is 5.32 Å². The van der Waals surface area contributed by atoms with Crippen LogP contribution in [0.15, 0.2) is 18.2 Å². The van der Waals surface area contributed by atoms with Crippen molar-refractivity contribution < 1.29 is 0 Å². The second-order valence-electron chi connectivity index (χ2n) is 6.02. The summed E-state index contributed by atoms with van der Waals surface area (Å²) in [7, 11) is 0. The van der Waals surface area contributed by atoms with Crippen molar-refractivity contribution >= 4 is 23.2 Å². The first-order valence-corrected chi connectivity index (χ1v) is 7.99. The second kappa shape index (κ2) is 6.97. The van der Waals surface area contributed by atoms with E-state index in [9.17, 15) is 0 Å². The molecule has 1 aromatic rings. The normalized spacial score (nSPS) is 23.2. The topological polar surface area (TPSA) is 12.0 Å². The smallest absolute Gasteiger partial charge is 0.0595 e. The molecular weight excluding hydrogens is 277 g/mol. The Morgan fingerprint density at radius 2 is 2.00 bits per heavy atom. The predicted molar refractivity (Wildman–Crippen MR) is 84.3 cm³/mol. The van der Waals surface area contributed by atoms with Gasteiger partial charge in [-0.15, -0.1) is 0 Å². The van der Waals surface area contributed by atoms with E-state index in [4.69, 9.17) is 23.2 Å². The summed E-state index contributed by atoms with van der Waals surface area (Å²) in [6, 6.07) is 6.12. The Hall–Kier alpha value is -0.240. The predicted octanol–water partition coefficient (Wildman–Crippen LogP) is 5.12. The number of benzene rings is 1. The molecule has 0 spiro atoms. The minimum Gasteiger partial charge on any atom is -0.316 e. The van der Waals surface area contributed by atoms with Gasteiger partial charge in [0.25, 0.3) is 0 Å². The number of nitrogens with one attached hydrogen (secondary N) is 1. The molecule has 3 heteroatoms. The monoisotopic (exact) mass is 299 g/mol. The van der Waals surface area contributed by atoms with Gasteiger partial charge in [-0.2, -0.15) is 0 Å². The van der Waals surface area contributed by atoms with Crippen molar-refractivity contribution in [3.63, 3.8) is 0 Å². The van der Waals surface area contributed by atoms with Crippen molar-refractivity contribution in [2.45, 2.75) is 39.0 Å².